The Morgan fingerprint density at radius 2 is 2.33 bits per heavy atom. The van der Waals surface area contributed by atoms with Crippen LogP contribution in [-0.4, -0.2) is 38.3 Å². The van der Waals surface area contributed by atoms with Crippen LogP contribution in [0.3, 0.4) is 0 Å². The van der Waals surface area contributed by atoms with Gasteiger partial charge in [-0.25, -0.2) is 0 Å². The molecule has 0 atom stereocenters. The van der Waals surface area contributed by atoms with Gasteiger partial charge in [-0.15, -0.1) is 0 Å². The molecule has 0 amide bonds. The van der Waals surface area contributed by atoms with Gasteiger partial charge < -0.3 is 15.0 Å². The normalized spacial score (nSPS) is 14.8. The number of methoxy groups -OCH3 is 1. The number of rotatable bonds is 8. The molecule has 0 aromatic carbocycles. The van der Waals surface area contributed by atoms with Crippen LogP contribution in [0, 0.1) is 0 Å². The first-order valence-corrected chi connectivity index (χ1v) is 6.68. The molecule has 1 fully saturated rings. The maximum atomic E-state index is 5.07. The third-order valence-corrected chi connectivity index (χ3v) is 3.23. The average molecular weight is 249 g/mol. The summed E-state index contributed by atoms with van der Waals surface area (Å²) >= 11 is 0. The van der Waals surface area contributed by atoms with Crippen molar-refractivity contribution in [2.24, 2.45) is 0 Å². The Balaban J connectivity index is 1.84. The number of hydrogen-bond donors (Lipinski definition) is 1. The fourth-order valence-electron chi connectivity index (χ4n) is 1.91. The van der Waals surface area contributed by atoms with Crippen molar-refractivity contribution in [1.82, 2.24) is 10.3 Å². The molecule has 1 aromatic heterocycles. The zero-order valence-corrected chi connectivity index (χ0v) is 11.4. The lowest BCUT2D eigenvalue weighted by atomic mass is 10.2. The molecule has 100 valence electrons. The van der Waals surface area contributed by atoms with Crippen molar-refractivity contribution in [3.05, 3.63) is 24.0 Å². The van der Waals surface area contributed by atoms with Crippen molar-refractivity contribution in [3.63, 3.8) is 0 Å². The predicted molar refractivity (Wildman–Crippen MR) is 73.9 cm³/mol. The predicted octanol–water partition coefficient (Wildman–Crippen LogP) is 1.81. The maximum absolute atomic E-state index is 5.07. The van der Waals surface area contributed by atoms with Crippen molar-refractivity contribution in [2.75, 3.05) is 32.2 Å². The summed E-state index contributed by atoms with van der Waals surface area (Å²) in [6.45, 7) is 2.70. The Kier molecular flexibility index (Phi) is 4.96. The molecule has 0 radical (unpaired) electrons. The number of ether oxygens (including phenoxy) is 1. The van der Waals surface area contributed by atoms with Gasteiger partial charge in [-0.1, -0.05) is 0 Å². The van der Waals surface area contributed by atoms with Crippen molar-refractivity contribution in [1.29, 1.82) is 0 Å². The van der Waals surface area contributed by atoms with Gasteiger partial charge in [0, 0.05) is 51.8 Å². The number of hydrogen-bond acceptors (Lipinski definition) is 4. The van der Waals surface area contributed by atoms with Crippen LogP contribution >= 0.6 is 0 Å². The van der Waals surface area contributed by atoms with Gasteiger partial charge in [0.05, 0.1) is 5.69 Å². The van der Waals surface area contributed by atoms with Gasteiger partial charge in [0.25, 0.3) is 0 Å². The van der Waals surface area contributed by atoms with E-state index >= 15 is 0 Å². The SMILES string of the molecule is COCCCN(C)c1ccnc(CNC2CC2)c1. The van der Waals surface area contributed by atoms with Crippen LogP contribution in [0.15, 0.2) is 18.3 Å². The van der Waals surface area contributed by atoms with E-state index in [4.69, 9.17) is 4.74 Å². The second-order valence-corrected chi connectivity index (χ2v) is 4.93. The summed E-state index contributed by atoms with van der Waals surface area (Å²) in [5.41, 5.74) is 2.35. The highest BCUT2D eigenvalue weighted by molar-refractivity contribution is 5.45. The van der Waals surface area contributed by atoms with Gasteiger partial charge in [0.2, 0.25) is 0 Å². The first-order valence-electron chi connectivity index (χ1n) is 6.68. The molecule has 1 aromatic rings. The van der Waals surface area contributed by atoms with Crippen LogP contribution < -0.4 is 10.2 Å². The molecule has 4 heteroatoms. The molecule has 1 aliphatic rings. The van der Waals surface area contributed by atoms with E-state index in [1.807, 2.05) is 6.20 Å². The van der Waals surface area contributed by atoms with Crippen molar-refractivity contribution in [3.8, 4) is 0 Å². The van der Waals surface area contributed by atoms with Gasteiger partial charge in [-0.2, -0.15) is 0 Å². The first-order chi connectivity index (χ1) is 8.79. The van der Waals surface area contributed by atoms with Crippen molar-refractivity contribution in [2.45, 2.75) is 31.8 Å². The minimum Gasteiger partial charge on any atom is -0.385 e. The van der Waals surface area contributed by atoms with E-state index < -0.39 is 0 Å². The summed E-state index contributed by atoms with van der Waals surface area (Å²) in [5.74, 6) is 0. The highest BCUT2D eigenvalue weighted by Crippen LogP contribution is 2.19. The Labute approximate surface area is 109 Å². The molecule has 0 saturated heterocycles. The topological polar surface area (TPSA) is 37.4 Å². The van der Waals surface area contributed by atoms with Crippen molar-refractivity contribution >= 4 is 5.69 Å². The molecular formula is C14H23N3O. The van der Waals surface area contributed by atoms with Gasteiger partial charge in [0.15, 0.2) is 0 Å². The molecule has 18 heavy (non-hydrogen) atoms. The standard InChI is InChI=1S/C14H23N3O/c1-17(8-3-9-18-2)14-6-7-15-13(10-14)11-16-12-4-5-12/h6-7,10,12,16H,3-5,8-9,11H2,1-2H3. The highest BCUT2D eigenvalue weighted by atomic mass is 16.5. The fourth-order valence-corrected chi connectivity index (χ4v) is 1.91. The second kappa shape index (κ2) is 6.71. The molecule has 4 nitrogen and oxygen atoms in total. The smallest absolute Gasteiger partial charge is 0.0562 e. The largest absolute Gasteiger partial charge is 0.385 e. The molecule has 0 unspecified atom stereocenters. The summed E-state index contributed by atoms with van der Waals surface area (Å²) in [6.07, 6.45) is 5.57. The molecule has 1 saturated carbocycles. The van der Waals surface area contributed by atoms with Crippen molar-refractivity contribution < 1.29 is 4.74 Å². The summed E-state index contributed by atoms with van der Waals surface area (Å²) in [6, 6.07) is 4.96. The lowest BCUT2D eigenvalue weighted by Gasteiger charge is -2.19. The monoisotopic (exact) mass is 249 g/mol. The maximum Gasteiger partial charge on any atom is 0.0562 e. The van der Waals surface area contributed by atoms with Gasteiger partial charge in [-0.05, 0) is 31.4 Å². The first kappa shape index (κ1) is 13.3. The number of nitrogens with zero attached hydrogens (tertiary/aromatic N) is 2. The Morgan fingerprint density at radius 3 is 3.06 bits per heavy atom. The Hall–Kier alpha value is -1.13. The summed E-state index contributed by atoms with van der Waals surface area (Å²) in [7, 11) is 3.86. The van der Waals surface area contributed by atoms with Crippen LogP contribution in [0.4, 0.5) is 5.69 Å². The number of aromatic nitrogens is 1. The van der Waals surface area contributed by atoms with E-state index in [0.29, 0.717) is 0 Å². The molecule has 2 rings (SSSR count). The van der Waals surface area contributed by atoms with E-state index in [2.05, 4.69) is 34.4 Å². The Morgan fingerprint density at radius 1 is 1.50 bits per heavy atom. The minimum atomic E-state index is 0.731. The fraction of sp³-hybridized carbons (Fsp3) is 0.643. The van der Waals surface area contributed by atoms with E-state index in [0.717, 1.165) is 37.9 Å². The summed E-state index contributed by atoms with van der Waals surface area (Å²) in [4.78, 5) is 6.66. The van der Waals surface area contributed by atoms with Gasteiger partial charge >= 0.3 is 0 Å². The number of pyridine rings is 1. The quantitative estimate of drug-likeness (QED) is 0.713. The average Bonchev–Trinajstić information content (AvgIpc) is 3.21. The van der Waals surface area contributed by atoms with Crippen LogP contribution in [0.25, 0.3) is 0 Å². The van der Waals surface area contributed by atoms with Crippen LogP contribution in [0.5, 0.6) is 0 Å². The molecule has 1 N–H and O–H groups in total. The van der Waals surface area contributed by atoms with E-state index in [-0.39, 0.29) is 0 Å². The van der Waals surface area contributed by atoms with E-state index in [1.54, 1.807) is 7.11 Å². The number of anilines is 1. The van der Waals surface area contributed by atoms with Crippen LogP contribution in [0.2, 0.25) is 0 Å². The molecule has 0 aliphatic heterocycles. The minimum absolute atomic E-state index is 0.731. The zero-order valence-electron chi connectivity index (χ0n) is 11.4. The third-order valence-electron chi connectivity index (χ3n) is 3.23. The Bertz CT molecular complexity index is 366. The molecule has 1 aliphatic carbocycles. The summed E-state index contributed by atoms with van der Waals surface area (Å²) < 4.78 is 5.07. The highest BCUT2D eigenvalue weighted by Gasteiger charge is 2.20. The molecule has 1 heterocycles. The summed E-state index contributed by atoms with van der Waals surface area (Å²) in [5, 5.41) is 3.49. The number of nitrogens with one attached hydrogen (secondary N) is 1. The molecular weight excluding hydrogens is 226 g/mol. The molecule has 0 bridgehead atoms. The van der Waals surface area contributed by atoms with E-state index in [1.165, 1.54) is 18.5 Å². The zero-order chi connectivity index (χ0) is 12.8. The van der Waals surface area contributed by atoms with E-state index in [9.17, 15) is 0 Å². The third kappa shape index (κ3) is 4.27. The molecule has 0 spiro atoms. The van der Waals surface area contributed by atoms with Gasteiger partial charge in [-0.3, -0.25) is 4.98 Å². The second-order valence-electron chi connectivity index (χ2n) is 4.93. The lowest BCUT2D eigenvalue weighted by Crippen LogP contribution is -2.21. The van der Waals surface area contributed by atoms with Gasteiger partial charge in [0.1, 0.15) is 0 Å². The van der Waals surface area contributed by atoms with Crippen LogP contribution in [-0.2, 0) is 11.3 Å². The van der Waals surface area contributed by atoms with Crippen LogP contribution in [0.1, 0.15) is 25.0 Å². The lowest BCUT2D eigenvalue weighted by molar-refractivity contribution is 0.196.